The molecule has 0 aliphatic carbocycles. The van der Waals surface area contributed by atoms with E-state index in [1.807, 2.05) is 13.8 Å². The second kappa shape index (κ2) is 8.20. The minimum Gasteiger partial charge on any atom is -0.360 e. The van der Waals surface area contributed by atoms with E-state index in [2.05, 4.69) is 31.2 Å². The molecule has 0 aliphatic heterocycles. The van der Waals surface area contributed by atoms with Crippen molar-refractivity contribution in [3.63, 3.8) is 0 Å². The van der Waals surface area contributed by atoms with Crippen molar-refractivity contribution < 1.29 is 9.32 Å². The van der Waals surface area contributed by atoms with E-state index >= 15 is 0 Å². The number of nitrogens with one attached hydrogen (secondary N) is 1. The zero-order valence-corrected chi connectivity index (χ0v) is 14.2. The van der Waals surface area contributed by atoms with Crippen LogP contribution in [0.5, 0.6) is 0 Å². The van der Waals surface area contributed by atoms with E-state index in [1.54, 1.807) is 0 Å². The predicted octanol–water partition coefficient (Wildman–Crippen LogP) is 4.27. The SMILES string of the molecule is CCCCCC(C)(CC)CNC(=O)c1noc(CC)c1C. The summed E-state index contributed by atoms with van der Waals surface area (Å²) in [5, 5.41) is 6.94. The molecule has 0 radical (unpaired) electrons. The number of unbranched alkanes of at least 4 members (excludes halogenated alkanes) is 2. The minimum atomic E-state index is -0.119. The summed E-state index contributed by atoms with van der Waals surface area (Å²) in [5.74, 6) is 0.674. The molecule has 1 heterocycles. The molecule has 4 nitrogen and oxygen atoms in total. The van der Waals surface area contributed by atoms with Crippen molar-refractivity contribution >= 4 is 5.91 Å². The molecule has 0 saturated carbocycles. The van der Waals surface area contributed by atoms with Gasteiger partial charge in [0, 0.05) is 18.5 Å². The van der Waals surface area contributed by atoms with Crippen molar-refractivity contribution in [1.82, 2.24) is 10.5 Å². The van der Waals surface area contributed by atoms with Gasteiger partial charge in [0.1, 0.15) is 5.76 Å². The molecule has 0 spiro atoms. The van der Waals surface area contributed by atoms with Crippen LogP contribution in [-0.2, 0) is 6.42 Å². The van der Waals surface area contributed by atoms with Crippen molar-refractivity contribution in [3.8, 4) is 0 Å². The highest BCUT2D eigenvalue weighted by molar-refractivity contribution is 5.93. The van der Waals surface area contributed by atoms with E-state index in [0.29, 0.717) is 12.2 Å². The van der Waals surface area contributed by atoms with Gasteiger partial charge in [-0.05, 0) is 25.2 Å². The Balaban J connectivity index is 2.59. The van der Waals surface area contributed by atoms with Crippen molar-refractivity contribution in [2.45, 2.75) is 73.1 Å². The number of hydrogen-bond acceptors (Lipinski definition) is 3. The number of rotatable bonds is 9. The Kier molecular flexibility index (Phi) is 6.93. The number of aryl methyl sites for hydroxylation is 1. The fourth-order valence-electron chi connectivity index (χ4n) is 2.48. The molecule has 1 atom stereocenters. The lowest BCUT2D eigenvalue weighted by atomic mass is 9.82. The molecule has 1 unspecified atom stereocenters. The van der Waals surface area contributed by atoms with Gasteiger partial charge in [-0.2, -0.15) is 0 Å². The van der Waals surface area contributed by atoms with Gasteiger partial charge in [-0.15, -0.1) is 0 Å². The Bertz CT molecular complexity index is 454. The summed E-state index contributed by atoms with van der Waals surface area (Å²) in [6, 6.07) is 0. The van der Waals surface area contributed by atoms with Crippen LogP contribution >= 0.6 is 0 Å². The van der Waals surface area contributed by atoms with Crippen LogP contribution in [0.4, 0.5) is 0 Å². The first-order valence-corrected chi connectivity index (χ1v) is 8.20. The maximum absolute atomic E-state index is 12.3. The topological polar surface area (TPSA) is 55.1 Å². The van der Waals surface area contributed by atoms with Crippen molar-refractivity contribution in [3.05, 3.63) is 17.0 Å². The Morgan fingerprint density at radius 2 is 2.00 bits per heavy atom. The van der Waals surface area contributed by atoms with Crippen molar-refractivity contribution in [1.29, 1.82) is 0 Å². The molecule has 1 rings (SSSR count). The third-order valence-electron chi connectivity index (χ3n) is 4.47. The van der Waals surface area contributed by atoms with Crippen LogP contribution in [-0.4, -0.2) is 17.6 Å². The van der Waals surface area contributed by atoms with Crippen LogP contribution < -0.4 is 5.32 Å². The molecular weight excluding hydrogens is 264 g/mol. The Morgan fingerprint density at radius 3 is 2.52 bits per heavy atom. The van der Waals surface area contributed by atoms with E-state index in [9.17, 15) is 4.79 Å². The van der Waals surface area contributed by atoms with E-state index in [0.717, 1.165) is 30.6 Å². The number of amides is 1. The average Bonchev–Trinajstić information content (AvgIpc) is 2.86. The molecule has 21 heavy (non-hydrogen) atoms. The maximum Gasteiger partial charge on any atom is 0.273 e. The van der Waals surface area contributed by atoms with Gasteiger partial charge in [0.2, 0.25) is 0 Å². The molecule has 1 amide bonds. The van der Waals surface area contributed by atoms with Crippen LogP contribution in [0.25, 0.3) is 0 Å². The van der Waals surface area contributed by atoms with Gasteiger partial charge in [-0.25, -0.2) is 0 Å². The van der Waals surface area contributed by atoms with E-state index in [1.165, 1.54) is 19.3 Å². The second-order valence-electron chi connectivity index (χ2n) is 6.24. The second-order valence-corrected chi connectivity index (χ2v) is 6.24. The van der Waals surface area contributed by atoms with Gasteiger partial charge in [0.25, 0.3) is 5.91 Å². The third kappa shape index (κ3) is 4.87. The Labute approximate surface area is 128 Å². The summed E-state index contributed by atoms with van der Waals surface area (Å²) in [6.07, 6.45) is 6.68. The monoisotopic (exact) mass is 294 g/mol. The number of aromatic nitrogens is 1. The minimum absolute atomic E-state index is 0.119. The Hall–Kier alpha value is -1.32. The molecule has 1 N–H and O–H groups in total. The molecular formula is C17H30N2O2. The summed E-state index contributed by atoms with van der Waals surface area (Å²) in [6.45, 7) is 11.2. The van der Waals surface area contributed by atoms with E-state index < -0.39 is 0 Å². The molecule has 0 aliphatic rings. The zero-order valence-electron chi connectivity index (χ0n) is 14.2. The number of hydrogen-bond donors (Lipinski definition) is 1. The summed E-state index contributed by atoms with van der Waals surface area (Å²) in [4.78, 5) is 12.3. The first-order chi connectivity index (χ1) is 9.97. The summed E-state index contributed by atoms with van der Waals surface area (Å²) in [5.41, 5.74) is 1.45. The van der Waals surface area contributed by atoms with Gasteiger partial charge in [0.05, 0.1) is 0 Å². The van der Waals surface area contributed by atoms with Crippen LogP contribution in [0, 0.1) is 12.3 Å². The third-order valence-corrected chi connectivity index (χ3v) is 4.47. The molecule has 0 saturated heterocycles. The predicted molar refractivity (Wildman–Crippen MR) is 85.5 cm³/mol. The maximum atomic E-state index is 12.3. The average molecular weight is 294 g/mol. The van der Waals surface area contributed by atoms with Gasteiger partial charge < -0.3 is 9.84 Å². The fraction of sp³-hybridized carbons (Fsp3) is 0.765. The lowest BCUT2D eigenvalue weighted by Gasteiger charge is -2.28. The number of nitrogens with zero attached hydrogens (tertiary/aromatic N) is 1. The van der Waals surface area contributed by atoms with E-state index in [-0.39, 0.29) is 11.3 Å². The molecule has 1 aromatic rings. The first kappa shape index (κ1) is 17.7. The highest BCUT2D eigenvalue weighted by atomic mass is 16.5. The van der Waals surface area contributed by atoms with Gasteiger partial charge in [0.15, 0.2) is 5.69 Å². The molecule has 4 heteroatoms. The summed E-state index contributed by atoms with van der Waals surface area (Å²) in [7, 11) is 0. The molecule has 0 aromatic carbocycles. The fourth-order valence-corrected chi connectivity index (χ4v) is 2.48. The highest BCUT2D eigenvalue weighted by Gasteiger charge is 2.24. The zero-order chi connectivity index (χ0) is 15.9. The van der Waals surface area contributed by atoms with Crippen molar-refractivity contribution in [2.24, 2.45) is 5.41 Å². The largest absolute Gasteiger partial charge is 0.360 e. The lowest BCUT2D eigenvalue weighted by Crippen LogP contribution is -2.36. The van der Waals surface area contributed by atoms with Crippen LogP contribution in [0.15, 0.2) is 4.52 Å². The van der Waals surface area contributed by atoms with Gasteiger partial charge in [-0.3, -0.25) is 4.79 Å². The van der Waals surface area contributed by atoms with Crippen LogP contribution in [0.2, 0.25) is 0 Å². The summed E-state index contributed by atoms with van der Waals surface area (Å²) < 4.78 is 5.19. The smallest absolute Gasteiger partial charge is 0.273 e. The van der Waals surface area contributed by atoms with Crippen molar-refractivity contribution in [2.75, 3.05) is 6.54 Å². The van der Waals surface area contributed by atoms with Gasteiger partial charge >= 0.3 is 0 Å². The molecule has 0 bridgehead atoms. The highest BCUT2D eigenvalue weighted by Crippen LogP contribution is 2.27. The van der Waals surface area contributed by atoms with Crippen LogP contribution in [0.3, 0.4) is 0 Å². The lowest BCUT2D eigenvalue weighted by molar-refractivity contribution is 0.0918. The number of carbonyl (C=O) groups excluding carboxylic acids is 1. The molecule has 1 aromatic heterocycles. The first-order valence-electron chi connectivity index (χ1n) is 8.20. The Morgan fingerprint density at radius 1 is 1.29 bits per heavy atom. The normalized spacial score (nSPS) is 14.0. The molecule has 0 fully saturated rings. The standard InChI is InChI=1S/C17H30N2O2/c1-6-9-10-11-17(5,8-3)12-18-16(20)15-13(4)14(7-2)21-19-15/h6-12H2,1-5H3,(H,18,20). The van der Waals surface area contributed by atoms with Gasteiger partial charge in [-0.1, -0.05) is 52.1 Å². The number of carbonyl (C=O) groups is 1. The van der Waals surface area contributed by atoms with Crippen LogP contribution in [0.1, 0.15) is 81.6 Å². The molecule has 120 valence electrons. The van der Waals surface area contributed by atoms with E-state index in [4.69, 9.17) is 4.52 Å². The quantitative estimate of drug-likeness (QED) is 0.692. The summed E-state index contributed by atoms with van der Waals surface area (Å²) >= 11 is 0.